The minimum atomic E-state index is 0.431. The van der Waals surface area contributed by atoms with Crippen LogP contribution in [0.1, 0.15) is 0 Å². The van der Waals surface area contributed by atoms with E-state index in [1.807, 2.05) is 50.5 Å². The molecule has 24 heavy (non-hydrogen) atoms. The van der Waals surface area contributed by atoms with Crippen LogP contribution in [0.3, 0.4) is 0 Å². The molecule has 0 aliphatic heterocycles. The monoisotopic (exact) mass is 343 g/mol. The summed E-state index contributed by atoms with van der Waals surface area (Å²) >= 11 is 5.91. The van der Waals surface area contributed by atoms with E-state index in [1.54, 1.807) is 12.1 Å². The van der Waals surface area contributed by atoms with Crippen LogP contribution in [-0.2, 0) is 0 Å². The highest BCUT2D eigenvalue weighted by atomic mass is 35.5. The highest BCUT2D eigenvalue weighted by molar-refractivity contribution is 6.30. The Hall–Kier alpha value is -2.37. The van der Waals surface area contributed by atoms with E-state index in [4.69, 9.17) is 20.9 Å². The van der Waals surface area contributed by atoms with Crippen molar-refractivity contribution in [1.29, 1.82) is 0 Å². The first-order valence-corrected chi connectivity index (χ1v) is 7.98. The van der Waals surface area contributed by atoms with Gasteiger partial charge in [-0.15, -0.1) is 0 Å². The Balaban J connectivity index is 1.83. The zero-order chi connectivity index (χ0) is 16.9. The molecule has 0 unspecified atom stereocenters. The molecule has 2 aromatic carbocycles. The van der Waals surface area contributed by atoms with Gasteiger partial charge in [0.1, 0.15) is 12.4 Å². The van der Waals surface area contributed by atoms with Crippen molar-refractivity contribution in [3.8, 4) is 28.6 Å². The van der Waals surface area contributed by atoms with E-state index in [0.717, 1.165) is 23.4 Å². The van der Waals surface area contributed by atoms with Crippen molar-refractivity contribution in [1.82, 2.24) is 15.0 Å². The number of para-hydroxylation sites is 1. The van der Waals surface area contributed by atoms with Gasteiger partial charge >= 0.3 is 0 Å². The van der Waals surface area contributed by atoms with Crippen molar-refractivity contribution in [3.63, 3.8) is 0 Å². The molecule has 0 saturated carbocycles. The molecule has 5 nitrogen and oxygen atoms in total. The van der Waals surface area contributed by atoms with Crippen LogP contribution >= 0.6 is 11.6 Å². The predicted molar refractivity (Wildman–Crippen MR) is 94.2 cm³/mol. The van der Waals surface area contributed by atoms with Crippen molar-refractivity contribution in [2.75, 3.05) is 27.2 Å². The lowest BCUT2D eigenvalue weighted by atomic mass is 10.2. The van der Waals surface area contributed by atoms with E-state index in [0.29, 0.717) is 23.3 Å². The first-order valence-electron chi connectivity index (χ1n) is 7.60. The van der Waals surface area contributed by atoms with E-state index in [-0.39, 0.29) is 0 Å². The van der Waals surface area contributed by atoms with Gasteiger partial charge in [-0.25, -0.2) is 0 Å². The summed E-state index contributed by atoms with van der Waals surface area (Å²) in [5, 5.41) is 4.72. The molecule has 0 aliphatic carbocycles. The first-order chi connectivity index (χ1) is 11.6. The van der Waals surface area contributed by atoms with Gasteiger partial charge in [0.2, 0.25) is 5.82 Å². The average Bonchev–Trinajstić information content (AvgIpc) is 3.05. The lowest BCUT2D eigenvalue weighted by Gasteiger charge is -2.12. The molecule has 0 bridgehead atoms. The smallest absolute Gasteiger partial charge is 0.262 e. The Labute approximate surface area is 145 Å². The molecule has 1 heterocycles. The van der Waals surface area contributed by atoms with E-state index in [9.17, 15) is 0 Å². The number of hydrogen-bond acceptors (Lipinski definition) is 5. The summed E-state index contributed by atoms with van der Waals surface area (Å²) < 4.78 is 11.3. The zero-order valence-electron chi connectivity index (χ0n) is 13.6. The van der Waals surface area contributed by atoms with Gasteiger partial charge in [-0.05, 0) is 50.5 Å². The second-order valence-corrected chi connectivity index (χ2v) is 6.01. The number of halogens is 1. The standard InChI is InChI=1S/C18H18ClN3O2/c1-22(2)11-12-23-16-6-4-3-5-15(16)18-20-17(21-24-18)13-7-9-14(19)10-8-13/h3-10H,11-12H2,1-2H3. The van der Waals surface area contributed by atoms with Crippen LogP contribution in [0.15, 0.2) is 53.1 Å². The third-order valence-electron chi connectivity index (χ3n) is 3.44. The van der Waals surface area contributed by atoms with Crippen molar-refractivity contribution in [2.24, 2.45) is 0 Å². The molecule has 0 amide bonds. The maximum Gasteiger partial charge on any atom is 0.262 e. The number of benzene rings is 2. The second-order valence-electron chi connectivity index (χ2n) is 5.58. The predicted octanol–water partition coefficient (Wildman–Crippen LogP) is 4.00. The molecule has 0 N–H and O–H groups in total. The maximum absolute atomic E-state index is 5.91. The van der Waals surface area contributed by atoms with Crippen molar-refractivity contribution in [3.05, 3.63) is 53.6 Å². The highest BCUT2D eigenvalue weighted by Crippen LogP contribution is 2.30. The summed E-state index contributed by atoms with van der Waals surface area (Å²) in [4.78, 5) is 6.54. The van der Waals surface area contributed by atoms with Crippen molar-refractivity contribution in [2.45, 2.75) is 0 Å². The molecule has 3 aromatic rings. The van der Waals surface area contributed by atoms with E-state index >= 15 is 0 Å². The SMILES string of the molecule is CN(C)CCOc1ccccc1-c1nc(-c2ccc(Cl)cc2)no1. The van der Waals surface area contributed by atoms with Crippen LogP contribution in [0.2, 0.25) is 5.02 Å². The quantitative estimate of drug-likeness (QED) is 0.677. The number of ether oxygens (including phenoxy) is 1. The van der Waals surface area contributed by atoms with Crippen molar-refractivity contribution < 1.29 is 9.26 Å². The first kappa shape index (κ1) is 16.5. The lowest BCUT2D eigenvalue weighted by molar-refractivity contribution is 0.261. The van der Waals surface area contributed by atoms with Gasteiger partial charge < -0.3 is 14.2 Å². The van der Waals surface area contributed by atoms with Crippen LogP contribution in [0.5, 0.6) is 5.75 Å². The molecule has 1 aromatic heterocycles. The van der Waals surface area contributed by atoms with Crippen LogP contribution < -0.4 is 4.74 Å². The summed E-state index contributed by atoms with van der Waals surface area (Å²) in [5.74, 6) is 1.68. The summed E-state index contributed by atoms with van der Waals surface area (Å²) in [6, 6.07) is 15.0. The summed E-state index contributed by atoms with van der Waals surface area (Å²) in [6.45, 7) is 1.41. The Morgan fingerprint density at radius 3 is 2.58 bits per heavy atom. The number of hydrogen-bond donors (Lipinski definition) is 0. The van der Waals surface area contributed by atoms with Gasteiger partial charge in [-0.2, -0.15) is 4.98 Å². The van der Waals surface area contributed by atoms with E-state index < -0.39 is 0 Å². The molecule has 0 atom stereocenters. The topological polar surface area (TPSA) is 51.4 Å². The normalized spacial score (nSPS) is 11.0. The molecule has 124 valence electrons. The van der Waals surface area contributed by atoms with Gasteiger partial charge in [0.15, 0.2) is 0 Å². The number of aromatic nitrogens is 2. The number of likely N-dealkylation sites (N-methyl/N-ethyl adjacent to an activating group) is 1. The second kappa shape index (κ2) is 7.47. The van der Waals surface area contributed by atoms with E-state index in [1.165, 1.54) is 0 Å². The molecular weight excluding hydrogens is 326 g/mol. The third-order valence-corrected chi connectivity index (χ3v) is 3.69. The Morgan fingerprint density at radius 1 is 1.08 bits per heavy atom. The lowest BCUT2D eigenvalue weighted by Crippen LogP contribution is -2.19. The molecule has 0 aliphatic rings. The Kier molecular flexibility index (Phi) is 5.13. The van der Waals surface area contributed by atoms with Gasteiger partial charge in [0.05, 0.1) is 5.56 Å². The van der Waals surface area contributed by atoms with Gasteiger partial charge in [0.25, 0.3) is 5.89 Å². The van der Waals surface area contributed by atoms with Crippen LogP contribution in [0.4, 0.5) is 0 Å². The summed E-state index contributed by atoms with van der Waals surface area (Å²) in [7, 11) is 4.01. The molecule has 0 spiro atoms. The Morgan fingerprint density at radius 2 is 1.83 bits per heavy atom. The van der Waals surface area contributed by atoms with Crippen LogP contribution in [0.25, 0.3) is 22.8 Å². The van der Waals surface area contributed by atoms with Gasteiger partial charge in [0, 0.05) is 17.1 Å². The fraction of sp³-hybridized carbons (Fsp3) is 0.222. The van der Waals surface area contributed by atoms with Crippen LogP contribution in [-0.4, -0.2) is 42.3 Å². The number of rotatable bonds is 6. The molecule has 0 saturated heterocycles. The average molecular weight is 344 g/mol. The molecule has 3 rings (SSSR count). The maximum atomic E-state index is 5.91. The fourth-order valence-corrected chi connectivity index (χ4v) is 2.28. The fourth-order valence-electron chi connectivity index (χ4n) is 2.16. The zero-order valence-corrected chi connectivity index (χ0v) is 14.3. The largest absolute Gasteiger partial charge is 0.491 e. The molecular formula is C18H18ClN3O2. The minimum Gasteiger partial charge on any atom is -0.491 e. The Bertz CT molecular complexity index is 800. The van der Waals surface area contributed by atoms with Crippen LogP contribution in [0, 0.1) is 0 Å². The van der Waals surface area contributed by atoms with E-state index in [2.05, 4.69) is 15.0 Å². The minimum absolute atomic E-state index is 0.431. The molecule has 6 heteroatoms. The van der Waals surface area contributed by atoms with Gasteiger partial charge in [-0.3, -0.25) is 0 Å². The summed E-state index contributed by atoms with van der Waals surface area (Å²) in [6.07, 6.45) is 0. The third kappa shape index (κ3) is 3.93. The molecule has 0 radical (unpaired) electrons. The van der Waals surface area contributed by atoms with Crippen molar-refractivity contribution >= 4 is 11.6 Å². The summed E-state index contributed by atoms with van der Waals surface area (Å²) in [5.41, 5.74) is 1.63. The number of nitrogens with zero attached hydrogens (tertiary/aromatic N) is 3. The molecule has 0 fully saturated rings. The highest BCUT2D eigenvalue weighted by Gasteiger charge is 2.14. The van der Waals surface area contributed by atoms with Gasteiger partial charge in [-0.1, -0.05) is 28.9 Å².